The number of imide groups is 2. The summed E-state index contributed by atoms with van der Waals surface area (Å²) < 4.78 is 265. The van der Waals surface area contributed by atoms with Crippen molar-refractivity contribution in [1.82, 2.24) is 4.90 Å². The predicted molar refractivity (Wildman–Crippen MR) is 168 cm³/mol. The lowest BCUT2D eigenvalue weighted by Gasteiger charge is -2.18. The number of carbonyl (C=O) groups is 4. The first-order valence-corrected chi connectivity index (χ1v) is 16.2. The van der Waals surface area contributed by atoms with Crippen LogP contribution in [0.3, 0.4) is 0 Å². The van der Waals surface area contributed by atoms with Gasteiger partial charge in [0.15, 0.2) is 64.0 Å². The van der Waals surface area contributed by atoms with E-state index in [4.69, 9.17) is 11.6 Å². The SMILES string of the molecule is Cc1c(F)c(Cl)c(F)c(N2C(=O)c3c(F)c(F)c(Oc4c(F)c(F)c(-c5c(F)c(F)c(Oc6c(F)c(F)c7c(c6F)C(=O)N(C)C7=O)c(F)c5F)c(F)c4F)c(F)c3C2=O)c1F. The first-order chi connectivity index (χ1) is 28.8. The Morgan fingerprint density at radius 1 is 0.355 bits per heavy atom. The van der Waals surface area contributed by atoms with E-state index in [-0.39, 0.29) is 4.90 Å². The molecule has 0 aliphatic carbocycles. The van der Waals surface area contributed by atoms with Gasteiger partial charge in [0.1, 0.15) is 10.7 Å². The summed E-state index contributed by atoms with van der Waals surface area (Å²) in [5.41, 5.74) is -15.7. The molecule has 5 aromatic rings. The fourth-order valence-corrected chi connectivity index (χ4v) is 6.41. The quantitative estimate of drug-likeness (QED) is 0.0729. The Hall–Kier alpha value is -6.92. The van der Waals surface area contributed by atoms with Crippen molar-refractivity contribution in [3.63, 3.8) is 0 Å². The van der Waals surface area contributed by atoms with Crippen molar-refractivity contribution in [2.75, 3.05) is 11.9 Å². The van der Waals surface area contributed by atoms with E-state index in [1.54, 1.807) is 0 Å². The van der Waals surface area contributed by atoms with Crippen LogP contribution in [0.1, 0.15) is 47.0 Å². The lowest BCUT2D eigenvalue weighted by atomic mass is 10.0. The summed E-state index contributed by atoms with van der Waals surface area (Å²) in [5.74, 6) is -64.6. The van der Waals surface area contributed by atoms with Gasteiger partial charge in [-0.2, -0.15) is 26.3 Å². The van der Waals surface area contributed by atoms with Crippen molar-refractivity contribution in [2.45, 2.75) is 6.92 Å². The normalized spacial score (nSPS) is 13.5. The van der Waals surface area contributed by atoms with Crippen molar-refractivity contribution < 1.29 is 103 Å². The number of carbonyl (C=O) groups excluding carboxylic acids is 4. The van der Waals surface area contributed by atoms with Gasteiger partial charge in [-0.25, -0.2) is 53.2 Å². The Morgan fingerprint density at radius 3 is 0.984 bits per heavy atom. The summed E-state index contributed by atoms with van der Waals surface area (Å²) in [4.78, 5) is 49.6. The maximum Gasteiger partial charge on any atom is 0.269 e. The summed E-state index contributed by atoms with van der Waals surface area (Å²) in [7, 11) is 0.652. The van der Waals surface area contributed by atoms with Gasteiger partial charge in [0, 0.05) is 12.6 Å². The number of anilines is 1. The highest BCUT2D eigenvalue weighted by Gasteiger charge is 2.49. The molecule has 26 heteroatoms. The second-order valence-electron chi connectivity index (χ2n) is 12.5. The molecule has 0 bridgehead atoms. The second kappa shape index (κ2) is 14.3. The highest BCUT2D eigenvalue weighted by atomic mass is 35.5. The number of amides is 4. The lowest BCUT2D eigenvalue weighted by Crippen LogP contribution is -2.32. The Kier molecular flexibility index (Phi) is 9.99. The number of hydrogen-bond acceptors (Lipinski definition) is 6. The van der Waals surface area contributed by atoms with Crippen molar-refractivity contribution in [1.29, 1.82) is 0 Å². The summed E-state index contributed by atoms with van der Waals surface area (Å²) >= 11 is 5.40. The fraction of sp³-hybridized carbons (Fsp3) is 0.0556. The zero-order chi connectivity index (χ0) is 46.2. The van der Waals surface area contributed by atoms with Crippen LogP contribution < -0.4 is 14.4 Å². The smallest absolute Gasteiger partial charge is 0.269 e. The molecule has 62 heavy (non-hydrogen) atoms. The van der Waals surface area contributed by atoms with E-state index in [1.807, 2.05) is 0 Å². The number of benzene rings is 5. The average molecular weight is 921 g/mol. The highest BCUT2D eigenvalue weighted by Crippen LogP contribution is 2.47. The number of rotatable bonds is 6. The molecule has 2 aliphatic rings. The first kappa shape index (κ1) is 43.2. The molecule has 0 spiro atoms. The van der Waals surface area contributed by atoms with Crippen LogP contribution in [0, 0.1) is 106 Å². The van der Waals surface area contributed by atoms with Gasteiger partial charge in [-0.05, 0) is 6.92 Å². The van der Waals surface area contributed by atoms with Crippen LogP contribution in [0.5, 0.6) is 23.0 Å². The maximum absolute atomic E-state index is 15.7. The van der Waals surface area contributed by atoms with Gasteiger partial charge in [-0.15, -0.1) is 0 Å². The monoisotopic (exact) mass is 920 g/mol. The Labute approximate surface area is 333 Å². The molecule has 0 N–H and O–H groups in total. The summed E-state index contributed by atoms with van der Waals surface area (Å²) in [5, 5.41) is -1.57. The fourth-order valence-electron chi connectivity index (χ4n) is 6.18. The third-order valence-corrected chi connectivity index (χ3v) is 9.55. The Balaban J connectivity index is 1.32. The van der Waals surface area contributed by atoms with E-state index < -0.39 is 200 Å². The summed E-state index contributed by atoms with van der Waals surface area (Å²) in [6, 6.07) is 0. The predicted octanol–water partition coefficient (Wildman–Crippen LogP) is 10.3. The molecule has 322 valence electrons. The van der Waals surface area contributed by atoms with Crippen LogP contribution in [-0.4, -0.2) is 35.6 Å². The van der Waals surface area contributed by atoms with Crippen molar-refractivity contribution in [3.05, 3.63) is 132 Å². The van der Waals surface area contributed by atoms with Crippen LogP contribution in [0.4, 0.5) is 80.3 Å². The molecule has 0 aromatic heterocycles. The van der Waals surface area contributed by atoms with Gasteiger partial charge >= 0.3 is 0 Å². The van der Waals surface area contributed by atoms with Gasteiger partial charge in [-0.1, -0.05) is 11.6 Å². The lowest BCUT2D eigenvalue weighted by molar-refractivity contribution is 0.0689. The molecule has 2 aliphatic heterocycles. The minimum absolute atomic E-state index is 0.0433. The van der Waals surface area contributed by atoms with E-state index in [0.717, 1.165) is 0 Å². The number of nitrogens with zero attached hydrogens (tertiary/aromatic N) is 2. The van der Waals surface area contributed by atoms with E-state index in [9.17, 15) is 41.1 Å². The molecule has 0 radical (unpaired) electrons. The number of halogens is 18. The molecule has 2 heterocycles. The molecule has 0 fully saturated rings. The second-order valence-corrected chi connectivity index (χ2v) is 12.9. The summed E-state index contributed by atoms with van der Waals surface area (Å²) in [6.45, 7) is 0.593. The molecular weight excluding hydrogens is 915 g/mol. The Morgan fingerprint density at radius 2 is 0.629 bits per heavy atom. The van der Waals surface area contributed by atoms with Gasteiger partial charge in [0.05, 0.1) is 33.4 Å². The third-order valence-electron chi connectivity index (χ3n) is 9.22. The third kappa shape index (κ3) is 5.55. The molecular formula is C36H6ClF17N2O6. The largest absolute Gasteiger partial charge is 0.445 e. The zero-order valence-electron chi connectivity index (χ0n) is 29.1. The molecule has 0 saturated heterocycles. The van der Waals surface area contributed by atoms with Gasteiger partial charge in [0.2, 0.25) is 57.9 Å². The van der Waals surface area contributed by atoms with E-state index in [1.165, 1.54) is 0 Å². The molecule has 8 nitrogen and oxygen atoms in total. The van der Waals surface area contributed by atoms with Crippen LogP contribution in [0.15, 0.2) is 0 Å². The van der Waals surface area contributed by atoms with Crippen molar-refractivity contribution in [2.24, 2.45) is 0 Å². The maximum atomic E-state index is 15.7. The van der Waals surface area contributed by atoms with E-state index in [2.05, 4.69) is 9.47 Å². The first-order valence-electron chi connectivity index (χ1n) is 15.8. The number of ether oxygens (including phenoxy) is 2. The molecule has 7 rings (SSSR count). The molecule has 0 atom stereocenters. The standard InChI is InChI=1S/C36H6ClF17N2O6/c1-3-11(38)10(37)21(48)28(12(3)39)56-35(59)7-9(36(56)60)20(47)30(27(54)18(7)45)62-32-24(51)15(42)5(16(43)25(32)52)4-13(40)22(49)31(23(50)14(4)41)61-29-19(46)8-6(17(44)26(29)53)33(57)55(2)34(8)58/h1-2H3. The van der Waals surface area contributed by atoms with Crippen LogP contribution in [0.25, 0.3) is 11.1 Å². The highest BCUT2D eigenvalue weighted by molar-refractivity contribution is 6.36. The van der Waals surface area contributed by atoms with Gasteiger partial charge < -0.3 is 9.47 Å². The number of fused-ring (bicyclic) bond motifs is 2. The molecule has 0 unspecified atom stereocenters. The average Bonchev–Trinajstić information content (AvgIpc) is 3.62. The zero-order valence-corrected chi connectivity index (χ0v) is 29.9. The van der Waals surface area contributed by atoms with E-state index >= 15 is 52.7 Å². The molecule has 0 saturated carbocycles. The Bertz CT molecular complexity index is 2950. The topological polar surface area (TPSA) is 93.2 Å². The van der Waals surface area contributed by atoms with Crippen LogP contribution in [-0.2, 0) is 0 Å². The van der Waals surface area contributed by atoms with Gasteiger partial charge in [-0.3, -0.25) is 24.1 Å². The van der Waals surface area contributed by atoms with Crippen molar-refractivity contribution in [3.8, 4) is 34.1 Å². The minimum Gasteiger partial charge on any atom is -0.445 e. The number of hydrogen-bond donors (Lipinski definition) is 0. The van der Waals surface area contributed by atoms with Crippen LogP contribution >= 0.6 is 11.6 Å². The van der Waals surface area contributed by atoms with Crippen molar-refractivity contribution >= 4 is 40.9 Å². The minimum atomic E-state index is -3.15. The van der Waals surface area contributed by atoms with Gasteiger partial charge in [0.25, 0.3) is 23.6 Å². The molecule has 4 amide bonds. The van der Waals surface area contributed by atoms with E-state index in [0.29, 0.717) is 14.0 Å². The molecule has 5 aromatic carbocycles. The summed E-state index contributed by atoms with van der Waals surface area (Å²) in [6.07, 6.45) is 0. The van der Waals surface area contributed by atoms with Crippen LogP contribution in [0.2, 0.25) is 5.02 Å².